The molecule has 3 aromatic carbocycles. The summed E-state index contributed by atoms with van der Waals surface area (Å²) in [5, 5.41) is 0. The summed E-state index contributed by atoms with van der Waals surface area (Å²) in [4.78, 5) is 14.6. The molecule has 0 saturated carbocycles. The van der Waals surface area contributed by atoms with Gasteiger partial charge in [-0.05, 0) is 53.1 Å². The Hall–Kier alpha value is -3.62. The van der Waals surface area contributed by atoms with Gasteiger partial charge in [-0.1, -0.05) is 24.3 Å². The van der Waals surface area contributed by atoms with Gasteiger partial charge in [-0.15, -0.1) is 13.2 Å². The number of ether oxygens (including phenoxy) is 2. The van der Waals surface area contributed by atoms with Crippen molar-refractivity contribution in [2.24, 2.45) is 0 Å². The van der Waals surface area contributed by atoms with E-state index in [2.05, 4.69) is 4.74 Å². The van der Waals surface area contributed by atoms with E-state index in [1.807, 2.05) is 0 Å². The molecule has 0 fully saturated rings. The van der Waals surface area contributed by atoms with Gasteiger partial charge < -0.3 is 14.4 Å². The Bertz CT molecular complexity index is 1150. The predicted octanol–water partition coefficient (Wildman–Crippen LogP) is 5.57. The Balaban J connectivity index is 1.59. The van der Waals surface area contributed by atoms with Crippen molar-refractivity contribution < 1.29 is 36.2 Å². The second-order valence-corrected chi connectivity index (χ2v) is 7.11. The molecular weight excluding hydrogens is 433 g/mol. The van der Waals surface area contributed by atoms with E-state index < -0.39 is 18.0 Å². The van der Waals surface area contributed by atoms with Crippen molar-refractivity contribution in [1.29, 1.82) is 0 Å². The van der Waals surface area contributed by atoms with Gasteiger partial charge in [0.15, 0.2) is 11.6 Å². The maximum Gasteiger partial charge on any atom is 0.573 e. The summed E-state index contributed by atoms with van der Waals surface area (Å²) in [6.07, 6.45) is -4.79. The summed E-state index contributed by atoms with van der Waals surface area (Å²) in [5.41, 5.74) is 1.86. The summed E-state index contributed by atoms with van der Waals surface area (Å²) >= 11 is 0. The fourth-order valence-electron chi connectivity index (χ4n) is 3.40. The van der Waals surface area contributed by atoms with Crippen LogP contribution in [0.5, 0.6) is 11.5 Å². The smallest absolute Gasteiger partial charge is 0.491 e. The highest BCUT2D eigenvalue weighted by Gasteiger charge is 2.31. The maximum absolute atomic E-state index is 13.5. The maximum atomic E-state index is 13.5. The SMILES string of the molecule is O=C1c2cc(-c3ccc(OC(F)(F)F)cc3)ccc2OCCN1Cc1ccc(F)c(F)c1. The average molecular weight is 449 g/mol. The highest BCUT2D eigenvalue weighted by atomic mass is 19.4. The lowest BCUT2D eigenvalue weighted by atomic mass is 10.0. The lowest BCUT2D eigenvalue weighted by Crippen LogP contribution is -2.31. The zero-order chi connectivity index (χ0) is 22.9. The third-order valence-electron chi connectivity index (χ3n) is 4.89. The number of benzene rings is 3. The van der Waals surface area contributed by atoms with Crippen LogP contribution < -0.4 is 9.47 Å². The van der Waals surface area contributed by atoms with Crippen molar-refractivity contribution in [2.75, 3.05) is 13.2 Å². The molecule has 3 aromatic rings. The lowest BCUT2D eigenvalue weighted by molar-refractivity contribution is -0.274. The largest absolute Gasteiger partial charge is 0.573 e. The van der Waals surface area contributed by atoms with Gasteiger partial charge in [0.05, 0.1) is 12.1 Å². The number of rotatable bonds is 4. The molecule has 0 N–H and O–H groups in total. The number of hydrogen-bond donors (Lipinski definition) is 0. The number of halogens is 5. The van der Waals surface area contributed by atoms with E-state index in [9.17, 15) is 26.7 Å². The van der Waals surface area contributed by atoms with E-state index in [4.69, 9.17) is 4.74 Å². The van der Waals surface area contributed by atoms with Crippen molar-refractivity contribution in [1.82, 2.24) is 4.90 Å². The second-order valence-electron chi connectivity index (χ2n) is 7.11. The molecule has 0 aliphatic carbocycles. The van der Waals surface area contributed by atoms with Gasteiger partial charge in [-0.2, -0.15) is 0 Å². The summed E-state index contributed by atoms with van der Waals surface area (Å²) in [6, 6.07) is 13.6. The van der Waals surface area contributed by atoms with Gasteiger partial charge in [0.1, 0.15) is 18.1 Å². The lowest BCUT2D eigenvalue weighted by Gasteiger charge is -2.20. The van der Waals surface area contributed by atoms with Crippen LogP contribution in [0, 0.1) is 11.6 Å². The normalized spacial score (nSPS) is 13.9. The van der Waals surface area contributed by atoms with Gasteiger partial charge in [0.25, 0.3) is 5.91 Å². The first-order valence-corrected chi connectivity index (χ1v) is 9.56. The van der Waals surface area contributed by atoms with E-state index in [1.165, 1.54) is 35.2 Å². The third kappa shape index (κ3) is 4.82. The minimum absolute atomic E-state index is 0.0620. The van der Waals surface area contributed by atoms with Crippen molar-refractivity contribution >= 4 is 5.91 Å². The number of carbonyl (C=O) groups is 1. The number of hydrogen-bond acceptors (Lipinski definition) is 3. The molecule has 4 rings (SSSR count). The molecule has 0 aromatic heterocycles. The first kappa shape index (κ1) is 21.6. The standard InChI is InChI=1S/C23H16F5NO3/c24-19-7-1-14(11-20(19)25)13-29-9-10-31-21-8-4-16(12-18(21)22(29)30)15-2-5-17(6-3-15)32-23(26,27)28/h1-8,11-12H,9-10,13H2. The summed E-state index contributed by atoms with van der Waals surface area (Å²) < 4.78 is 73.3. The number of carbonyl (C=O) groups excluding carboxylic acids is 1. The Morgan fingerprint density at radius 1 is 0.906 bits per heavy atom. The molecule has 0 saturated heterocycles. The molecule has 4 nitrogen and oxygen atoms in total. The van der Waals surface area contributed by atoms with E-state index in [0.717, 1.165) is 12.1 Å². The van der Waals surface area contributed by atoms with Crippen LogP contribution in [0.3, 0.4) is 0 Å². The van der Waals surface area contributed by atoms with Crippen LogP contribution >= 0.6 is 0 Å². The first-order valence-electron chi connectivity index (χ1n) is 9.56. The Morgan fingerprint density at radius 3 is 2.31 bits per heavy atom. The number of fused-ring (bicyclic) bond motifs is 1. The molecular formula is C23H16F5NO3. The zero-order valence-corrected chi connectivity index (χ0v) is 16.5. The van der Waals surface area contributed by atoms with Crippen molar-refractivity contribution in [2.45, 2.75) is 12.9 Å². The fraction of sp³-hybridized carbons (Fsp3) is 0.174. The minimum atomic E-state index is -4.79. The number of amides is 1. The highest BCUT2D eigenvalue weighted by molar-refractivity contribution is 5.98. The van der Waals surface area contributed by atoms with Gasteiger partial charge >= 0.3 is 6.36 Å². The molecule has 166 valence electrons. The van der Waals surface area contributed by atoms with Crippen LogP contribution in [0.4, 0.5) is 22.0 Å². The summed E-state index contributed by atoms with van der Waals surface area (Å²) in [6.45, 7) is 0.517. The first-order chi connectivity index (χ1) is 15.2. The number of alkyl halides is 3. The minimum Gasteiger partial charge on any atom is -0.491 e. The van der Waals surface area contributed by atoms with Crippen LogP contribution in [0.25, 0.3) is 11.1 Å². The second kappa shape index (κ2) is 8.49. The van der Waals surface area contributed by atoms with Crippen molar-refractivity contribution in [3.63, 3.8) is 0 Å². The molecule has 1 aliphatic rings. The van der Waals surface area contributed by atoms with Crippen molar-refractivity contribution in [3.8, 4) is 22.6 Å². The van der Waals surface area contributed by atoms with E-state index in [-0.39, 0.29) is 36.9 Å². The van der Waals surface area contributed by atoms with E-state index in [1.54, 1.807) is 18.2 Å². The zero-order valence-electron chi connectivity index (χ0n) is 16.5. The molecule has 1 heterocycles. The molecule has 32 heavy (non-hydrogen) atoms. The topological polar surface area (TPSA) is 38.8 Å². The highest BCUT2D eigenvalue weighted by Crippen LogP contribution is 2.31. The van der Waals surface area contributed by atoms with Gasteiger partial charge in [0, 0.05) is 6.54 Å². The van der Waals surface area contributed by atoms with Crippen LogP contribution in [0.2, 0.25) is 0 Å². The molecule has 0 atom stereocenters. The monoisotopic (exact) mass is 449 g/mol. The molecule has 1 aliphatic heterocycles. The fourth-order valence-corrected chi connectivity index (χ4v) is 3.40. The Labute approximate surface area is 179 Å². The van der Waals surface area contributed by atoms with Gasteiger partial charge in [-0.25, -0.2) is 8.78 Å². The predicted molar refractivity (Wildman–Crippen MR) is 105 cm³/mol. The van der Waals surface area contributed by atoms with Gasteiger partial charge in [-0.3, -0.25) is 4.79 Å². The Kier molecular flexibility index (Phi) is 5.73. The third-order valence-corrected chi connectivity index (χ3v) is 4.89. The molecule has 0 spiro atoms. The molecule has 0 radical (unpaired) electrons. The summed E-state index contributed by atoms with van der Waals surface area (Å²) in [5.74, 6) is -2.32. The molecule has 1 amide bonds. The summed E-state index contributed by atoms with van der Waals surface area (Å²) in [7, 11) is 0. The van der Waals surface area contributed by atoms with Crippen LogP contribution in [0.1, 0.15) is 15.9 Å². The number of nitrogens with zero attached hydrogens (tertiary/aromatic N) is 1. The van der Waals surface area contributed by atoms with Crippen LogP contribution in [0.15, 0.2) is 60.7 Å². The molecule has 0 bridgehead atoms. The van der Waals surface area contributed by atoms with Crippen LogP contribution in [-0.4, -0.2) is 30.3 Å². The van der Waals surface area contributed by atoms with Crippen molar-refractivity contribution in [3.05, 3.63) is 83.4 Å². The van der Waals surface area contributed by atoms with Crippen LogP contribution in [-0.2, 0) is 6.54 Å². The average Bonchev–Trinajstić information content (AvgIpc) is 2.89. The molecule has 9 heteroatoms. The van der Waals surface area contributed by atoms with E-state index >= 15 is 0 Å². The quantitative estimate of drug-likeness (QED) is 0.490. The molecule has 0 unspecified atom stereocenters. The Morgan fingerprint density at radius 2 is 1.62 bits per heavy atom. The van der Waals surface area contributed by atoms with E-state index in [0.29, 0.717) is 22.4 Å². The van der Waals surface area contributed by atoms with Gasteiger partial charge in [0.2, 0.25) is 0 Å².